The summed E-state index contributed by atoms with van der Waals surface area (Å²) in [5.74, 6) is -0.0211. The molecule has 1 saturated heterocycles. The van der Waals surface area contributed by atoms with Crippen LogP contribution in [-0.4, -0.2) is 72.5 Å². The molecule has 0 aliphatic carbocycles. The Morgan fingerprint density at radius 2 is 1.86 bits per heavy atom. The number of likely N-dealkylation sites (tertiary alicyclic amines) is 1. The van der Waals surface area contributed by atoms with Crippen LogP contribution in [0.4, 0.5) is 0 Å². The van der Waals surface area contributed by atoms with Crippen molar-refractivity contribution in [3.63, 3.8) is 0 Å². The van der Waals surface area contributed by atoms with Crippen molar-refractivity contribution < 1.29 is 19.1 Å². The largest absolute Gasteiger partial charge is 0.438 e. The molecule has 2 amide bonds. The molecule has 0 unspecified atom stereocenters. The third-order valence-corrected chi connectivity index (χ3v) is 6.50. The monoisotopic (exact) mass is 522 g/mol. The van der Waals surface area contributed by atoms with Crippen LogP contribution in [0.15, 0.2) is 72.9 Å². The van der Waals surface area contributed by atoms with Gasteiger partial charge < -0.3 is 24.6 Å². The van der Waals surface area contributed by atoms with Crippen LogP contribution in [0.1, 0.15) is 22.3 Å². The molecule has 1 aromatic heterocycles. The number of pyridine rings is 1. The summed E-state index contributed by atoms with van der Waals surface area (Å²) in [6.07, 6.45) is 2.42. The maximum absolute atomic E-state index is 13.5. The lowest BCUT2D eigenvalue weighted by molar-refractivity contribution is -0.134. The normalized spacial score (nSPS) is 16.0. The number of carbonyl (C=O) groups is 2. The number of nitrogens with zero attached hydrogens (tertiary/aromatic N) is 3. The number of carbonyl (C=O) groups excluding carboxylic acids is 2. The fourth-order valence-corrected chi connectivity index (χ4v) is 4.25. The van der Waals surface area contributed by atoms with E-state index in [1.165, 1.54) is 0 Å². The number of ether oxygens (including phenoxy) is 2. The molecule has 194 valence electrons. The number of aromatic nitrogens is 1. The molecule has 9 heteroatoms. The van der Waals surface area contributed by atoms with Gasteiger partial charge in [-0.1, -0.05) is 41.9 Å². The molecule has 1 aliphatic rings. The number of amides is 2. The second kappa shape index (κ2) is 12.7. The second-order valence-corrected chi connectivity index (χ2v) is 9.57. The first kappa shape index (κ1) is 26.6. The summed E-state index contributed by atoms with van der Waals surface area (Å²) in [5.41, 5.74) is 1.20. The molecular formula is C28H31ClN4O4. The SMILES string of the molecule is CN(C)[C@@H]1CCN(C(=O)[C@@H](COCc2ccccc2)NC(=O)c2cccnc2Oc2ccc(Cl)cc2)C1. The Kier molecular flexibility index (Phi) is 9.11. The van der Waals surface area contributed by atoms with E-state index >= 15 is 0 Å². The summed E-state index contributed by atoms with van der Waals surface area (Å²) in [7, 11) is 4.01. The summed E-state index contributed by atoms with van der Waals surface area (Å²) in [4.78, 5) is 35.0. The van der Waals surface area contributed by atoms with Crippen LogP contribution in [0.3, 0.4) is 0 Å². The minimum atomic E-state index is -0.860. The first-order valence-corrected chi connectivity index (χ1v) is 12.5. The van der Waals surface area contributed by atoms with Crippen LogP contribution in [0, 0.1) is 0 Å². The number of hydrogen-bond donors (Lipinski definition) is 1. The zero-order valence-electron chi connectivity index (χ0n) is 21.0. The lowest BCUT2D eigenvalue weighted by atomic mass is 10.2. The third-order valence-electron chi connectivity index (χ3n) is 6.25. The number of rotatable bonds is 10. The minimum absolute atomic E-state index is 0.0379. The first-order valence-electron chi connectivity index (χ1n) is 12.2. The van der Waals surface area contributed by atoms with Crippen molar-refractivity contribution in [2.45, 2.75) is 25.1 Å². The lowest BCUT2D eigenvalue weighted by Gasteiger charge is -2.25. The maximum Gasteiger partial charge on any atom is 0.257 e. The van der Waals surface area contributed by atoms with E-state index < -0.39 is 11.9 Å². The number of nitrogens with one attached hydrogen (secondary N) is 1. The topological polar surface area (TPSA) is 84.0 Å². The van der Waals surface area contributed by atoms with E-state index in [2.05, 4.69) is 15.2 Å². The van der Waals surface area contributed by atoms with Crippen molar-refractivity contribution in [3.05, 3.63) is 89.1 Å². The molecule has 2 aromatic carbocycles. The molecule has 0 saturated carbocycles. The van der Waals surface area contributed by atoms with Gasteiger partial charge in [-0.25, -0.2) is 4.98 Å². The smallest absolute Gasteiger partial charge is 0.257 e. The fourth-order valence-electron chi connectivity index (χ4n) is 4.12. The van der Waals surface area contributed by atoms with Crippen molar-refractivity contribution in [3.8, 4) is 11.6 Å². The van der Waals surface area contributed by atoms with Gasteiger partial charge in [0.05, 0.1) is 13.2 Å². The molecule has 0 spiro atoms. The van der Waals surface area contributed by atoms with Gasteiger partial charge in [0.25, 0.3) is 5.91 Å². The van der Waals surface area contributed by atoms with E-state index in [-0.39, 0.29) is 30.0 Å². The van der Waals surface area contributed by atoms with Crippen LogP contribution in [-0.2, 0) is 16.1 Å². The third kappa shape index (κ3) is 7.29. The van der Waals surface area contributed by atoms with Crippen LogP contribution < -0.4 is 10.1 Å². The van der Waals surface area contributed by atoms with E-state index in [4.69, 9.17) is 21.1 Å². The van der Waals surface area contributed by atoms with Crippen molar-refractivity contribution in [1.29, 1.82) is 0 Å². The number of hydrogen-bond acceptors (Lipinski definition) is 6. The van der Waals surface area contributed by atoms with E-state index in [1.807, 2.05) is 44.4 Å². The lowest BCUT2D eigenvalue weighted by Crippen LogP contribution is -2.51. The quantitative estimate of drug-likeness (QED) is 0.433. The van der Waals surface area contributed by atoms with Gasteiger partial charge in [-0.05, 0) is 62.5 Å². The molecule has 1 N–H and O–H groups in total. The minimum Gasteiger partial charge on any atom is -0.438 e. The van der Waals surface area contributed by atoms with Gasteiger partial charge in [0.2, 0.25) is 11.8 Å². The van der Waals surface area contributed by atoms with Gasteiger partial charge in [-0.2, -0.15) is 0 Å². The van der Waals surface area contributed by atoms with Gasteiger partial charge in [0, 0.05) is 30.4 Å². The van der Waals surface area contributed by atoms with Gasteiger partial charge in [0.1, 0.15) is 17.4 Å². The molecule has 1 aliphatic heterocycles. The highest BCUT2D eigenvalue weighted by molar-refractivity contribution is 6.30. The number of likely N-dealkylation sites (N-methyl/N-ethyl adjacent to an activating group) is 1. The Hall–Kier alpha value is -3.46. The van der Waals surface area contributed by atoms with Crippen molar-refractivity contribution in [1.82, 2.24) is 20.1 Å². The van der Waals surface area contributed by atoms with Gasteiger partial charge in [-0.3, -0.25) is 9.59 Å². The Morgan fingerprint density at radius 3 is 2.57 bits per heavy atom. The summed E-state index contributed by atoms with van der Waals surface area (Å²) in [5, 5.41) is 3.44. The van der Waals surface area contributed by atoms with Crippen LogP contribution >= 0.6 is 11.6 Å². The molecule has 1 fully saturated rings. The highest BCUT2D eigenvalue weighted by atomic mass is 35.5. The summed E-state index contributed by atoms with van der Waals surface area (Å²) in [6.45, 7) is 1.61. The Morgan fingerprint density at radius 1 is 1.11 bits per heavy atom. The molecule has 0 bridgehead atoms. The standard InChI is InChI=1S/C28H31ClN4O4/c1-32(2)22-14-16-33(17-22)28(35)25(19-36-18-20-7-4-3-5-8-20)31-26(34)24-9-6-15-30-27(24)37-23-12-10-21(29)11-13-23/h3-13,15,22,25H,14,16-19H2,1-2H3,(H,31,34)/t22-,25-/m1/s1. The zero-order valence-corrected chi connectivity index (χ0v) is 21.7. The predicted molar refractivity (Wildman–Crippen MR) is 142 cm³/mol. The van der Waals surface area contributed by atoms with Crippen molar-refractivity contribution in [2.75, 3.05) is 33.8 Å². The molecule has 4 rings (SSSR count). The Bertz CT molecular complexity index is 1190. The molecule has 2 atom stereocenters. The highest BCUT2D eigenvalue weighted by Gasteiger charge is 2.33. The van der Waals surface area contributed by atoms with E-state index in [1.54, 1.807) is 47.5 Å². The number of benzene rings is 2. The van der Waals surface area contributed by atoms with Crippen molar-refractivity contribution in [2.24, 2.45) is 0 Å². The van der Waals surface area contributed by atoms with E-state index in [9.17, 15) is 9.59 Å². The average molecular weight is 523 g/mol. The average Bonchev–Trinajstić information content (AvgIpc) is 3.41. The fraction of sp³-hybridized carbons (Fsp3) is 0.321. The molecule has 3 aromatic rings. The number of halogens is 1. The zero-order chi connectivity index (χ0) is 26.2. The maximum atomic E-state index is 13.5. The second-order valence-electron chi connectivity index (χ2n) is 9.13. The predicted octanol–water partition coefficient (Wildman–Crippen LogP) is 4.01. The van der Waals surface area contributed by atoms with E-state index in [0.29, 0.717) is 30.5 Å². The molecule has 37 heavy (non-hydrogen) atoms. The van der Waals surface area contributed by atoms with Crippen LogP contribution in [0.5, 0.6) is 11.6 Å². The van der Waals surface area contributed by atoms with E-state index in [0.717, 1.165) is 12.0 Å². The van der Waals surface area contributed by atoms with Crippen LogP contribution in [0.2, 0.25) is 5.02 Å². The Balaban J connectivity index is 1.48. The molecular weight excluding hydrogens is 492 g/mol. The van der Waals surface area contributed by atoms with Crippen molar-refractivity contribution >= 4 is 23.4 Å². The van der Waals surface area contributed by atoms with Gasteiger partial charge >= 0.3 is 0 Å². The van der Waals surface area contributed by atoms with Gasteiger partial charge in [-0.15, -0.1) is 0 Å². The highest BCUT2D eigenvalue weighted by Crippen LogP contribution is 2.24. The first-order chi connectivity index (χ1) is 17.9. The summed E-state index contributed by atoms with van der Waals surface area (Å²) >= 11 is 5.96. The Labute approximate surface area is 222 Å². The van der Waals surface area contributed by atoms with Gasteiger partial charge in [0.15, 0.2) is 0 Å². The summed E-state index contributed by atoms with van der Waals surface area (Å²) in [6, 6.07) is 19.1. The summed E-state index contributed by atoms with van der Waals surface area (Å²) < 4.78 is 11.7. The molecule has 8 nitrogen and oxygen atoms in total. The molecule has 0 radical (unpaired) electrons. The van der Waals surface area contributed by atoms with Crippen LogP contribution in [0.25, 0.3) is 0 Å². The molecule has 2 heterocycles.